The summed E-state index contributed by atoms with van der Waals surface area (Å²) in [4.78, 5) is 16.1. The minimum absolute atomic E-state index is 0.0874. The Bertz CT molecular complexity index is 749. The van der Waals surface area contributed by atoms with Gasteiger partial charge < -0.3 is 24.6 Å². The van der Waals surface area contributed by atoms with Crippen LogP contribution in [-0.4, -0.2) is 61.0 Å². The standard InChI is InChI=1S/C19H25N5O3/c1-4-26-15-7-5-14(6-8-15)20-19(25)24-12-11-16(13-24)27-18-10-9-17(21-22-18)23(2)3/h5-10,16H,4,11-13H2,1-3H3,(H,20,25). The van der Waals surface area contributed by atoms with Gasteiger partial charge >= 0.3 is 6.03 Å². The SMILES string of the molecule is CCOc1ccc(NC(=O)N2CCC(Oc3ccc(N(C)C)nn3)C2)cc1. The summed E-state index contributed by atoms with van der Waals surface area (Å²) in [5, 5.41) is 11.1. The summed E-state index contributed by atoms with van der Waals surface area (Å²) in [6, 6.07) is 10.8. The van der Waals surface area contributed by atoms with Crippen LogP contribution in [0.5, 0.6) is 11.6 Å². The second-order valence-corrected chi connectivity index (χ2v) is 6.49. The average molecular weight is 371 g/mol. The maximum absolute atomic E-state index is 12.4. The van der Waals surface area contributed by atoms with Gasteiger partial charge in [-0.25, -0.2) is 4.79 Å². The number of likely N-dealkylation sites (tertiary alicyclic amines) is 1. The van der Waals surface area contributed by atoms with E-state index in [9.17, 15) is 4.79 Å². The number of urea groups is 1. The van der Waals surface area contributed by atoms with Crippen LogP contribution in [0.1, 0.15) is 13.3 Å². The lowest BCUT2D eigenvalue weighted by atomic mass is 10.3. The highest BCUT2D eigenvalue weighted by atomic mass is 16.5. The summed E-state index contributed by atoms with van der Waals surface area (Å²) in [5.74, 6) is 2.02. The smallest absolute Gasteiger partial charge is 0.321 e. The van der Waals surface area contributed by atoms with Crippen LogP contribution in [0, 0.1) is 0 Å². The van der Waals surface area contributed by atoms with Gasteiger partial charge in [0, 0.05) is 38.8 Å². The van der Waals surface area contributed by atoms with Crippen LogP contribution >= 0.6 is 0 Å². The first-order valence-corrected chi connectivity index (χ1v) is 9.01. The van der Waals surface area contributed by atoms with Crippen LogP contribution in [0.3, 0.4) is 0 Å². The fourth-order valence-electron chi connectivity index (χ4n) is 2.80. The van der Waals surface area contributed by atoms with Gasteiger partial charge in [0.1, 0.15) is 11.9 Å². The molecule has 0 aliphatic carbocycles. The molecule has 27 heavy (non-hydrogen) atoms. The Kier molecular flexibility index (Phi) is 5.95. The minimum Gasteiger partial charge on any atom is -0.494 e. The highest BCUT2D eigenvalue weighted by Crippen LogP contribution is 2.20. The van der Waals surface area contributed by atoms with Gasteiger partial charge in [0.15, 0.2) is 5.82 Å². The lowest BCUT2D eigenvalue weighted by Gasteiger charge is -2.18. The van der Waals surface area contributed by atoms with Crippen molar-refractivity contribution in [2.45, 2.75) is 19.4 Å². The van der Waals surface area contributed by atoms with Gasteiger partial charge in [0.05, 0.1) is 13.2 Å². The van der Waals surface area contributed by atoms with Gasteiger partial charge in [-0.3, -0.25) is 0 Å². The number of hydrogen-bond acceptors (Lipinski definition) is 6. The van der Waals surface area contributed by atoms with Crippen molar-refractivity contribution < 1.29 is 14.3 Å². The molecule has 0 bridgehead atoms. The summed E-state index contributed by atoms with van der Waals surface area (Å²) >= 11 is 0. The minimum atomic E-state index is -0.140. The van der Waals surface area contributed by atoms with Gasteiger partial charge in [-0.15, -0.1) is 10.2 Å². The van der Waals surface area contributed by atoms with E-state index in [4.69, 9.17) is 9.47 Å². The molecule has 3 rings (SSSR count). The zero-order chi connectivity index (χ0) is 19.2. The van der Waals surface area contributed by atoms with E-state index < -0.39 is 0 Å². The number of anilines is 2. The van der Waals surface area contributed by atoms with Gasteiger partial charge in [-0.05, 0) is 37.3 Å². The Morgan fingerprint density at radius 2 is 2.00 bits per heavy atom. The first-order chi connectivity index (χ1) is 13.0. The molecule has 1 aromatic carbocycles. The molecular weight excluding hydrogens is 346 g/mol. The third-order valence-electron chi connectivity index (χ3n) is 4.22. The number of amides is 2. The maximum Gasteiger partial charge on any atom is 0.321 e. The number of carbonyl (C=O) groups is 1. The second-order valence-electron chi connectivity index (χ2n) is 6.49. The van der Waals surface area contributed by atoms with E-state index >= 15 is 0 Å². The number of nitrogens with one attached hydrogen (secondary N) is 1. The lowest BCUT2D eigenvalue weighted by molar-refractivity contribution is 0.188. The third kappa shape index (κ3) is 4.99. The molecule has 1 fully saturated rings. The zero-order valence-electron chi connectivity index (χ0n) is 15.9. The zero-order valence-corrected chi connectivity index (χ0v) is 15.9. The molecule has 1 N–H and O–H groups in total. The maximum atomic E-state index is 12.4. The van der Waals surface area contributed by atoms with Crippen molar-refractivity contribution >= 4 is 17.5 Å². The van der Waals surface area contributed by atoms with Gasteiger partial charge in [-0.2, -0.15) is 0 Å². The summed E-state index contributed by atoms with van der Waals surface area (Å²) in [6.07, 6.45) is 0.670. The number of rotatable bonds is 6. The lowest BCUT2D eigenvalue weighted by Crippen LogP contribution is -2.34. The van der Waals surface area contributed by atoms with Crippen molar-refractivity contribution in [3.63, 3.8) is 0 Å². The monoisotopic (exact) mass is 371 g/mol. The molecule has 1 unspecified atom stereocenters. The number of aromatic nitrogens is 2. The predicted octanol–water partition coefficient (Wildman–Crippen LogP) is 2.63. The highest BCUT2D eigenvalue weighted by Gasteiger charge is 2.28. The van der Waals surface area contributed by atoms with E-state index in [1.165, 1.54) is 0 Å². The Labute approximate surface area is 159 Å². The van der Waals surface area contributed by atoms with Crippen LogP contribution in [0.2, 0.25) is 0 Å². The van der Waals surface area contributed by atoms with E-state index in [1.807, 2.05) is 56.3 Å². The number of nitrogens with zero attached hydrogens (tertiary/aromatic N) is 4. The molecule has 1 atom stereocenters. The van der Waals surface area contributed by atoms with Gasteiger partial charge in [-0.1, -0.05) is 0 Å². The van der Waals surface area contributed by atoms with Crippen molar-refractivity contribution in [1.82, 2.24) is 15.1 Å². The quantitative estimate of drug-likeness (QED) is 0.841. The van der Waals surface area contributed by atoms with Crippen LogP contribution in [0.15, 0.2) is 36.4 Å². The molecule has 1 aliphatic rings. The molecule has 0 radical (unpaired) electrons. The largest absolute Gasteiger partial charge is 0.494 e. The van der Waals surface area contributed by atoms with E-state index in [-0.39, 0.29) is 12.1 Å². The molecule has 1 aromatic heterocycles. The first-order valence-electron chi connectivity index (χ1n) is 9.01. The predicted molar refractivity (Wildman–Crippen MR) is 104 cm³/mol. The molecule has 144 valence electrons. The van der Waals surface area contributed by atoms with Crippen LogP contribution in [0.25, 0.3) is 0 Å². The Morgan fingerprint density at radius 3 is 2.63 bits per heavy atom. The molecule has 8 nitrogen and oxygen atoms in total. The van der Waals surface area contributed by atoms with Crippen molar-refractivity contribution in [2.24, 2.45) is 0 Å². The molecule has 1 saturated heterocycles. The third-order valence-corrected chi connectivity index (χ3v) is 4.22. The van der Waals surface area contributed by atoms with E-state index in [0.29, 0.717) is 25.6 Å². The molecule has 2 aromatic rings. The molecule has 8 heteroatoms. The van der Waals surface area contributed by atoms with Crippen molar-refractivity contribution in [2.75, 3.05) is 44.0 Å². The van der Waals surface area contributed by atoms with E-state index in [1.54, 1.807) is 11.0 Å². The van der Waals surface area contributed by atoms with Gasteiger partial charge in [0.2, 0.25) is 5.88 Å². The van der Waals surface area contributed by atoms with E-state index in [2.05, 4.69) is 15.5 Å². The fraction of sp³-hybridized carbons (Fsp3) is 0.421. The summed E-state index contributed by atoms with van der Waals surface area (Å²) in [7, 11) is 3.81. The summed E-state index contributed by atoms with van der Waals surface area (Å²) < 4.78 is 11.3. The molecule has 2 heterocycles. The topological polar surface area (TPSA) is 79.8 Å². The normalized spacial score (nSPS) is 16.1. The Balaban J connectivity index is 1.50. The Morgan fingerprint density at radius 1 is 1.22 bits per heavy atom. The molecular formula is C19H25N5O3. The Hall–Kier alpha value is -3.03. The van der Waals surface area contributed by atoms with Crippen molar-refractivity contribution in [3.8, 4) is 11.6 Å². The van der Waals surface area contributed by atoms with E-state index in [0.717, 1.165) is 23.7 Å². The summed E-state index contributed by atoms with van der Waals surface area (Å²) in [5.41, 5.74) is 0.734. The second kappa shape index (κ2) is 8.57. The first kappa shape index (κ1) is 18.8. The van der Waals surface area contributed by atoms with Gasteiger partial charge in [0.25, 0.3) is 0 Å². The fourth-order valence-corrected chi connectivity index (χ4v) is 2.80. The number of ether oxygens (including phenoxy) is 2. The van der Waals surface area contributed by atoms with Crippen molar-refractivity contribution in [3.05, 3.63) is 36.4 Å². The average Bonchev–Trinajstić information content (AvgIpc) is 3.13. The molecule has 2 amide bonds. The number of benzene rings is 1. The highest BCUT2D eigenvalue weighted by molar-refractivity contribution is 5.89. The van der Waals surface area contributed by atoms with Crippen molar-refractivity contribution in [1.29, 1.82) is 0 Å². The molecule has 0 spiro atoms. The van der Waals surface area contributed by atoms with Crippen LogP contribution < -0.4 is 19.7 Å². The summed E-state index contributed by atoms with van der Waals surface area (Å²) in [6.45, 7) is 3.70. The number of hydrogen-bond donors (Lipinski definition) is 1. The van der Waals surface area contributed by atoms with Crippen LogP contribution in [-0.2, 0) is 0 Å². The molecule has 1 aliphatic heterocycles. The van der Waals surface area contributed by atoms with Crippen LogP contribution in [0.4, 0.5) is 16.3 Å². The molecule has 0 saturated carbocycles. The number of carbonyl (C=O) groups excluding carboxylic acids is 1.